The Labute approximate surface area is 87.2 Å². The zero-order chi connectivity index (χ0) is 8.08. The number of phosphoric acid groups is 1. The van der Waals surface area contributed by atoms with E-state index in [1.807, 2.05) is 0 Å². The van der Waals surface area contributed by atoms with Crippen molar-refractivity contribution in [3.05, 3.63) is 0 Å². The topological polar surface area (TPSA) is 135 Å². The van der Waals surface area contributed by atoms with Crippen LogP contribution in [0.3, 0.4) is 0 Å². The SMILES string of the molecule is O=C(O)O.O=P(O)(O)O.[Zn].[Zn]. The van der Waals surface area contributed by atoms with Gasteiger partial charge in [-0.3, -0.25) is 0 Å². The summed E-state index contributed by atoms with van der Waals surface area (Å²) in [5, 5.41) is 13.9. The standard InChI is InChI=1S/CH2O3.H3O4P.2Zn/c2-1(3)4;1-5(2,3)4;;/h(H2,2,3,4);(H3,1,2,3,4);;. The van der Waals surface area contributed by atoms with Crippen LogP contribution in [0, 0.1) is 0 Å². The Morgan fingerprint density at radius 2 is 1.00 bits per heavy atom. The predicted octanol–water partition coefficient (Wildman–Crippen LogP) is -0.711. The van der Waals surface area contributed by atoms with Gasteiger partial charge in [0, 0.05) is 39.0 Å². The van der Waals surface area contributed by atoms with Crippen molar-refractivity contribution in [2.45, 2.75) is 0 Å². The van der Waals surface area contributed by atoms with Gasteiger partial charge in [0.2, 0.25) is 0 Å². The maximum Gasteiger partial charge on any atom is 0.503 e. The molecule has 0 atom stereocenters. The monoisotopic (exact) mass is 288 g/mol. The van der Waals surface area contributed by atoms with Gasteiger partial charge < -0.3 is 24.9 Å². The van der Waals surface area contributed by atoms with Crippen LogP contribution in [0.25, 0.3) is 0 Å². The van der Waals surface area contributed by atoms with E-state index in [2.05, 4.69) is 0 Å². The molecule has 0 aromatic rings. The van der Waals surface area contributed by atoms with E-state index in [4.69, 9.17) is 34.3 Å². The maximum absolute atomic E-state index is 8.88. The molecule has 0 heterocycles. The van der Waals surface area contributed by atoms with Crippen LogP contribution in [0.4, 0.5) is 4.79 Å². The molecule has 0 aromatic heterocycles. The molecule has 5 N–H and O–H groups in total. The van der Waals surface area contributed by atoms with E-state index in [0.29, 0.717) is 0 Å². The molecule has 60 valence electrons. The zero-order valence-corrected chi connectivity index (χ0v) is 12.2. The molecule has 7 nitrogen and oxygen atoms in total. The third kappa shape index (κ3) is 2010. The van der Waals surface area contributed by atoms with E-state index in [1.54, 1.807) is 0 Å². The van der Waals surface area contributed by atoms with Gasteiger partial charge in [-0.2, -0.15) is 0 Å². The van der Waals surface area contributed by atoms with E-state index < -0.39 is 14.0 Å². The fourth-order valence-corrected chi connectivity index (χ4v) is 0. The first-order valence-corrected chi connectivity index (χ1v) is 3.00. The van der Waals surface area contributed by atoms with Gasteiger partial charge in [0.1, 0.15) is 0 Å². The molecule has 0 amide bonds. The molecule has 10 heteroatoms. The van der Waals surface area contributed by atoms with Crippen molar-refractivity contribution in [1.82, 2.24) is 0 Å². The number of hydrogen-bond acceptors (Lipinski definition) is 2. The Morgan fingerprint density at radius 1 is 1.00 bits per heavy atom. The summed E-state index contributed by atoms with van der Waals surface area (Å²) in [7, 11) is -4.64. The normalized spacial score (nSPS) is 7.55. The molecule has 0 aliphatic rings. The summed E-state index contributed by atoms with van der Waals surface area (Å²) in [6.45, 7) is 0. The molecule has 11 heavy (non-hydrogen) atoms. The second-order valence-electron chi connectivity index (χ2n) is 0.796. The summed E-state index contributed by atoms with van der Waals surface area (Å²) >= 11 is 0. The van der Waals surface area contributed by atoms with Gasteiger partial charge >= 0.3 is 14.0 Å². The van der Waals surface area contributed by atoms with Crippen molar-refractivity contribution in [2.75, 3.05) is 0 Å². The van der Waals surface area contributed by atoms with Gasteiger partial charge in [-0.05, 0) is 0 Å². The van der Waals surface area contributed by atoms with Crippen LogP contribution in [-0.2, 0) is 43.5 Å². The fraction of sp³-hybridized carbons (Fsp3) is 0. The molecule has 0 saturated carbocycles. The Balaban J connectivity index is -0.0000000383. The van der Waals surface area contributed by atoms with E-state index in [9.17, 15) is 0 Å². The van der Waals surface area contributed by atoms with Gasteiger partial charge in [-0.15, -0.1) is 0 Å². The summed E-state index contributed by atoms with van der Waals surface area (Å²) in [4.78, 5) is 30.1. The second-order valence-corrected chi connectivity index (χ2v) is 1.82. The van der Waals surface area contributed by atoms with Crippen LogP contribution in [-0.4, -0.2) is 31.0 Å². The molecule has 0 radical (unpaired) electrons. The smallest absolute Gasteiger partial charge is 0.450 e. The summed E-state index contributed by atoms with van der Waals surface area (Å²) in [6, 6.07) is 0. The Kier molecular flexibility index (Phi) is 21.8. The molecule has 0 saturated heterocycles. The summed E-state index contributed by atoms with van der Waals surface area (Å²) < 4.78 is 8.88. The van der Waals surface area contributed by atoms with Crippen molar-refractivity contribution in [1.29, 1.82) is 0 Å². The number of hydrogen-bond donors (Lipinski definition) is 5. The molecular formula is CH5O7PZn2. The minimum absolute atomic E-state index is 0. The number of carbonyl (C=O) groups is 1. The Bertz CT molecular complexity index is 116. The van der Waals surface area contributed by atoms with E-state index in [0.717, 1.165) is 0 Å². The van der Waals surface area contributed by atoms with Crippen molar-refractivity contribution in [3.8, 4) is 0 Å². The molecule has 0 aliphatic heterocycles. The van der Waals surface area contributed by atoms with Gasteiger partial charge in [0.15, 0.2) is 0 Å². The molecule has 0 aliphatic carbocycles. The third-order valence-corrected chi connectivity index (χ3v) is 0. The summed E-state index contributed by atoms with van der Waals surface area (Å²) in [6.07, 6.45) is -1.83. The summed E-state index contributed by atoms with van der Waals surface area (Å²) in [5.41, 5.74) is 0. The van der Waals surface area contributed by atoms with Crippen LogP contribution < -0.4 is 0 Å². The van der Waals surface area contributed by atoms with Crippen molar-refractivity contribution in [3.63, 3.8) is 0 Å². The van der Waals surface area contributed by atoms with Crippen LogP contribution >= 0.6 is 7.82 Å². The van der Waals surface area contributed by atoms with Gasteiger partial charge in [0.05, 0.1) is 0 Å². The molecule has 0 fully saturated rings. The average Bonchev–Trinajstić information content (AvgIpc) is 1.19. The van der Waals surface area contributed by atoms with E-state index in [-0.39, 0.29) is 39.0 Å². The van der Waals surface area contributed by atoms with Crippen molar-refractivity contribution in [2.24, 2.45) is 0 Å². The van der Waals surface area contributed by atoms with Crippen LogP contribution in [0.5, 0.6) is 0 Å². The van der Waals surface area contributed by atoms with E-state index in [1.165, 1.54) is 0 Å². The predicted molar refractivity (Wildman–Crippen MR) is 24.9 cm³/mol. The third-order valence-electron chi connectivity index (χ3n) is 0. The zero-order valence-electron chi connectivity index (χ0n) is 5.41. The van der Waals surface area contributed by atoms with Gasteiger partial charge in [-0.25, -0.2) is 9.36 Å². The summed E-state index contributed by atoms with van der Waals surface area (Å²) in [5.74, 6) is 0. The number of carboxylic acid groups (broad SMARTS) is 2. The quantitative estimate of drug-likeness (QED) is 0.294. The molecule has 0 bridgehead atoms. The Morgan fingerprint density at radius 3 is 1.00 bits per heavy atom. The number of rotatable bonds is 0. The fourth-order valence-electron chi connectivity index (χ4n) is 0. The Hall–Kier alpha value is 0.627. The minimum atomic E-state index is -4.64. The molecule has 0 aromatic carbocycles. The van der Waals surface area contributed by atoms with Crippen molar-refractivity contribution < 1.29 is 73.2 Å². The second kappa shape index (κ2) is 10.6. The van der Waals surface area contributed by atoms with Crippen LogP contribution in [0.15, 0.2) is 0 Å². The van der Waals surface area contributed by atoms with Crippen LogP contribution in [0.2, 0.25) is 0 Å². The van der Waals surface area contributed by atoms with Gasteiger partial charge in [0.25, 0.3) is 0 Å². The first-order chi connectivity index (χ1) is 3.73. The van der Waals surface area contributed by atoms with Crippen LogP contribution in [0.1, 0.15) is 0 Å². The molecule has 0 rings (SSSR count). The first-order valence-electron chi connectivity index (χ1n) is 1.43. The molecular weight excluding hydrogens is 286 g/mol. The van der Waals surface area contributed by atoms with E-state index >= 15 is 0 Å². The molecule has 0 unspecified atom stereocenters. The molecule has 0 spiro atoms. The largest absolute Gasteiger partial charge is 0.503 e. The average molecular weight is 291 g/mol. The minimum Gasteiger partial charge on any atom is -0.450 e. The maximum atomic E-state index is 8.88. The van der Waals surface area contributed by atoms with Gasteiger partial charge in [-0.1, -0.05) is 0 Å². The van der Waals surface area contributed by atoms with Crippen molar-refractivity contribution >= 4 is 14.0 Å². The first kappa shape index (κ1) is 22.6.